The van der Waals surface area contributed by atoms with E-state index < -0.39 is 0 Å². The maximum absolute atomic E-state index is 5.47. The summed E-state index contributed by atoms with van der Waals surface area (Å²) < 4.78 is 5.47. The number of rotatable bonds is 0. The third-order valence-corrected chi connectivity index (χ3v) is 3.30. The molecule has 3 fully saturated rings. The predicted octanol–water partition coefficient (Wildman–Crippen LogP) is 1.57. The Labute approximate surface area is 55.4 Å². The van der Waals surface area contributed by atoms with Crippen LogP contribution in [-0.4, -0.2) is 12.2 Å². The van der Waals surface area contributed by atoms with Crippen molar-refractivity contribution in [1.29, 1.82) is 0 Å². The Kier molecular flexibility index (Phi) is 0.704. The SMILES string of the molecule is C1C[C@H]2C[C@H]3O[C@H]3[C@H]2C1. The number of epoxide rings is 1. The summed E-state index contributed by atoms with van der Waals surface area (Å²) in [5.41, 5.74) is 0. The molecule has 0 bridgehead atoms. The quantitative estimate of drug-likeness (QED) is 0.446. The molecule has 2 saturated carbocycles. The third kappa shape index (κ3) is 0.493. The summed E-state index contributed by atoms with van der Waals surface area (Å²) in [7, 11) is 0. The van der Waals surface area contributed by atoms with Gasteiger partial charge in [-0.3, -0.25) is 0 Å². The second kappa shape index (κ2) is 1.34. The molecule has 3 rings (SSSR count). The van der Waals surface area contributed by atoms with Crippen LogP contribution in [0.1, 0.15) is 25.7 Å². The van der Waals surface area contributed by atoms with Crippen LogP contribution in [0.3, 0.4) is 0 Å². The molecule has 1 saturated heterocycles. The van der Waals surface area contributed by atoms with E-state index in [0.717, 1.165) is 24.0 Å². The minimum atomic E-state index is 0.722. The second-order valence-corrected chi connectivity index (χ2v) is 3.73. The topological polar surface area (TPSA) is 12.5 Å². The fourth-order valence-electron chi connectivity index (χ4n) is 2.81. The molecule has 1 nitrogen and oxygen atoms in total. The maximum Gasteiger partial charge on any atom is 0.0872 e. The van der Waals surface area contributed by atoms with Crippen molar-refractivity contribution in [3.63, 3.8) is 0 Å². The second-order valence-electron chi connectivity index (χ2n) is 3.73. The first-order chi connectivity index (χ1) is 4.45. The van der Waals surface area contributed by atoms with Crippen LogP contribution >= 0.6 is 0 Å². The van der Waals surface area contributed by atoms with E-state index in [-0.39, 0.29) is 0 Å². The Morgan fingerprint density at radius 2 is 2.22 bits per heavy atom. The fraction of sp³-hybridized carbons (Fsp3) is 1.00. The first kappa shape index (κ1) is 4.73. The standard InChI is InChI=1S/C8H12O/c1-2-5-4-7-8(9-7)6(5)3-1/h5-8H,1-4H2/t5-,6-,7+,8-/m0/s1. The normalized spacial score (nSPS) is 61.3. The average molecular weight is 124 g/mol. The molecule has 9 heavy (non-hydrogen) atoms. The van der Waals surface area contributed by atoms with Crippen LogP contribution in [0, 0.1) is 11.8 Å². The van der Waals surface area contributed by atoms with E-state index >= 15 is 0 Å². The van der Waals surface area contributed by atoms with Crippen LogP contribution in [0.4, 0.5) is 0 Å². The molecule has 0 unspecified atom stereocenters. The van der Waals surface area contributed by atoms with Gasteiger partial charge < -0.3 is 4.74 Å². The lowest BCUT2D eigenvalue weighted by molar-refractivity contribution is 0.225. The van der Waals surface area contributed by atoms with Gasteiger partial charge in [-0.05, 0) is 31.1 Å². The van der Waals surface area contributed by atoms with Gasteiger partial charge in [0.2, 0.25) is 0 Å². The van der Waals surface area contributed by atoms with Crippen molar-refractivity contribution in [2.24, 2.45) is 11.8 Å². The van der Waals surface area contributed by atoms with Crippen molar-refractivity contribution in [3.8, 4) is 0 Å². The van der Waals surface area contributed by atoms with Crippen LogP contribution in [0.15, 0.2) is 0 Å². The molecule has 1 heteroatoms. The first-order valence-corrected chi connectivity index (χ1v) is 4.10. The summed E-state index contributed by atoms with van der Waals surface area (Å²) in [4.78, 5) is 0. The van der Waals surface area contributed by atoms with Gasteiger partial charge >= 0.3 is 0 Å². The van der Waals surface area contributed by atoms with Crippen LogP contribution in [0.25, 0.3) is 0 Å². The zero-order chi connectivity index (χ0) is 5.84. The van der Waals surface area contributed by atoms with Gasteiger partial charge in [0.1, 0.15) is 0 Å². The zero-order valence-electron chi connectivity index (χ0n) is 5.55. The van der Waals surface area contributed by atoms with Crippen molar-refractivity contribution in [3.05, 3.63) is 0 Å². The highest BCUT2D eigenvalue weighted by Gasteiger charge is 2.56. The molecular formula is C8H12O. The summed E-state index contributed by atoms with van der Waals surface area (Å²) in [5.74, 6) is 2.07. The van der Waals surface area contributed by atoms with E-state index in [1.165, 1.54) is 25.7 Å². The van der Waals surface area contributed by atoms with E-state index in [1.54, 1.807) is 0 Å². The van der Waals surface area contributed by atoms with Crippen molar-refractivity contribution in [1.82, 2.24) is 0 Å². The summed E-state index contributed by atoms with van der Waals surface area (Å²) >= 11 is 0. The summed E-state index contributed by atoms with van der Waals surface area (Å²) in [6, 6.07) is 0. The molecule has 0 N–H and O–H groups in total. The highest BCUT2D eigenvalue weighted by atomic mass is 16.6. The Morgan fingerprint density at radius 1 is 1.22 bits per heavy atom. The van der Waals surface area contributed by atoms with E-state index in [2.05, 4.69) is 0 Å². The van der Waals surface area contributed by atoms with Gasteiger partial charge in [0.05, 0.1) is 12.2 Å². The summed E-state index contributed by atoms with van der Waals surface area (Å²) in [5, 5.41) is 0. The summed E-state index contributed by atoms with van der Waals surface area (Å²) in [6.45, 7) is 0. The van der Waals surface area contributed by atoms with Gasteiger partial charge in [-0.25, -0.2) is 0 Å². The first-order valence-electron chi connectivity index (χ1n) is 4.10. The molecule has 0 amide bonds. The van der Waals surface area contributed by atoms with Crippen molar-refractivity contribution >= 4 is 0 Å². The Bertz CT molecular complexity index is 144. The summed E-state index contributed by atoms with van der Waals surface area (Å²) in [6.07, 6.45) is 7.29. The van der Waals surface area contributed by atoms with Gasteiger partial charge in [-0.1, -0.05) is 6.42 Å². The zero-order valence-corrected chi connectivity index (χ0v) is 5.55. The largest absolute Gasteiger partial charge is 0.369 e. The van der Waals surface area contributed by atoms with Crippen molar-refractivity contribution < 1.29 is 4.74 Å². The monoisotopic (exact) mass is 124 g/mol. The lowest BCUT2D eigenvalue weighted by atomic mass is 10.00. The molecule has 0 aromatic carbocycles. The molecule has 2 aliphatic carbocycles. The minimum absolute atomic E-state index is 0.722. The minimum Gasteiger partial charge on any atom is -0.369 e. The van der Waals surface area contributed by atoms with Gasteiger partial charge in [0, 0.05) is 0 Å². The Balaban J connectivity index is 1.88. The van der Waals surface area contributed by atoms with Crippen molar-refractivity contribution in [2.45, 2.75) is 37.9 Å². The molecule has 0 aromatic heterocycles. The lowest BCUT2D eigenvalue weighted by Gasteiger charge is -2.09. The van der Waals surface area contributed by atoms with Crippen LogP contribution in [-0.2, 0) is 4.74 Å². The molecular weight excluding hydrogens is 112 g/mol. The van der Waals surface area contributed by atoms with Crippen molar-refractivity contribution in [2.75, 3.05) is 0 Å². The molecule has 0 aromatic rings. The third-order valence-electron chi connectivity index (χ3n) is 3.30. The Morgan fingerprint density at radius 3 is 3.11 bits per heavy atom. The van der Waals surface area contributed by atoms with E-state index in [0.29, 0.717) is 0 Å². The van der Waals surface area contributed by atoms with Gasteiger partial charge in [-0.2, -0.15) is 0 Å². The lowest BCUT2D eigenvalue weighted by Crippen LogP contribution is -2.06. The molecule has 0 radical (unpaired) electrons. The van der Waals surface area contributed by atoms with Gasteiger partial charge in [0.15, 0.2) is 0 Å². The molecule has 1 heterocycles. The average Bonchev–Trinajstić information content (AvgIpc) is 2.38. The fourth-order valence-corrected chi connectivity index (χ4v) is 2.81. The molecule has 3 aliphatic rings. The van der Waals surface area contributed by atoms with E-state index in [4.69, 9.17) is 4.74 Å². The molecule has 1 aliphatic heterocycles. The van der Waals surface area contributed by atoms with Crippen LogP contribution in [0.2, 0.25) is 0 Å². The molecule has 4 atom stereocenters. The predicted molar refractivity (Wildman–Crippen MR) is 34.1 cm³/mol. The maximum atomic E-state index is 5.47. The highest BCUT2D eigenvalue weighted by Crippen LogP contribution is 2.53. The smallest absolute Gasteiger partial charge is 0.0872 e. The number of hydrogen-bond acceptors (Lipinski definition) is 1. The number of ether oxygens (including phenoxy) is 1. The van der Waals surface area contributed by atoms with Gasteiger partial charge in [0.25, 0.3) is 0 Å². The molecule has 50 valence electrons. The molecule has 0 spiro atoms. The number of hydrogen-bond donors (Lipinski definition) is 0. The number of fused-ring (bicyclic) bond motifs is 3. The van der Waals surface area contributed by atoms with Gasteiger partial charge in [-0.15, -0.1) is 0 Å². The van der Waals surface area contributed by atoms with E-state index in [9.17, 15) is 0 Å². The van der Waals surface area contributed by atoms with Crippen LogP contribution in [0.5, 0.6) is 0 Å². The Hall–Kier alpha value is -0.0400. The van der Waals surface area contributed by atoms with E-state index in [1.807, 2.05) is 0 Å². The van der Waals surface area contributed by atoms with Crippen LogP contribution < -0.4 is 0 Å². The highest BCUT2D eigenvalue weighted by molar-refractivity contribution is 5.04.